The standard InChI is InChI=1S/C17H20N2OS/c1-17(2,12-8-4-3-5-9-12)15(20)19-16-18-13-10-6-7-11-14(13)21-16/h3-5,8-9H,6-7,10-11H2,1-2H3,(H,18,19,20). The number of benzene rings is 1. The Bertz CT molecular complexity index is 623. The molecule has 0 fully saturated rings. The first-order chi connectivity index (χ1) is 10.1. The van der Waals surface area contributed by atoms with Crippen molar-refractivity contribution in [1.29, 1.82) is 0 Å². The number of aromatic nitrogens is 1. The lowest BCUT2D eigenvalue weighted by molar-refractivity contribution is -0.120. The molecular formula is C17H20N2OS. The summed E-state index contributed by atoms with van der Waals surface area (Å²) in [5, 5.41) is 3.75. The van der Waals surface area contributed by atoms with Crippen molar-refractivity contribution in [3.63, 3.8) is 0 Å². The Morgan fingerprint density at radius 2 is 1.90 bits per heavy atom. The fourth-order valence-corrected chi connectivity index (χ4v) is 3.69. The van der Waals surface area contributed by atoms with Gasteiger partial charge in [0, 0.05) is 4.88 Å². The number of amides is 1. The van der Waals surface area contributed by atoms with E-state index in [0.29, 0.717) is 0 Å². The molecule has 1 aromatic heterocycles. The molecule has 0 unspecified atom stereocenters. The van der Waals surface area contributed by atoms with Crippen molar-refractivity contribution >= 4 is 22.4 Å². The molecule has 3 rings (SSSR count). The maximum atomic E-state index is 12.6. The van der Waals surface area contributed by atoms with Gasteiger partial charge in [-0.1, -0.05) is 30.3 Å². The average Bonchev–Trinajstić information content (AvgIpc) is 2.90. The van der Waals surface area contributed by atoms with Crippen molar-refractivity contribution in [2.24, 2.45) is 0 Å². The van der Waals surface area contributed by atoms with E-state index in [1.165, 1.54) is 23.4 Å². The number of carbonyl (C=O) groups is 1. The molecule has 1 aromatic carbocycles. The van der Waals surface area contributed by atoms with Gasteiger partial charge < -0.3 is 5.32 Å². The Hall–Kier alpha value is -1.68. The zero-order chi connectivity index (χ0) is 14.9. The van der Waals surface area contributed by atoms with Crippen LogP contribution in [0.15, 0.2) is 30.3 Å². The number of hydrogen-bond donors (Lipinski definition) is 1. The monoisotopic (exact) mass is 300 g/mol. The van der Waals surface area contributed by atoms with Gasteiger partial charge in [0.1, 0.15) is 0 Å². The lowest BCUT2D eigenvalue weighted by atomic mass is 9.84. The molecule has 1 aliphatic rings. The van der Waals surface area contributed by atoms with E-state index in [1.54, 1.807) is 11.3 Å². The van der Waals surface area contributed by atoms with Gasteiger partial charge in [-0.3, -0.25) is 4.79 Å². The predicted molar refractivity (Wildman–Crippen MR) is 86.9 cm³/mol. The van der Waals surface area contributed by atoms with Crippen molar-refractivity contribution < 1.29 is 4.79 Å². The highest BCUT2D eigenvalue weighted by Crippen LogP contribution is 2.31. The molecule has 0 atom stereocenters. The van der Waals surface area contributed by atoms with Gasteiger partial charge in [0.2, 0.25) is 5.91 Å². The third-order valence-electron chi connectivity index (χ3n) is 4.13. The fourth-order valence-electron chi connectivity index (χ4n) is 2.64. The molecule has 0 spiro atoms. The Balaban J connectivity index is 1.78. The van der Waals surface area contributed by atoms with Crippen molar-refractivity contribution in [1.82, 2.24) is 4.98 Å². The van der Waals surface area contributed by atoms with Crippen LogP contribution < -0.4 is 5.32 Å². The van der Waals surface area contributed by atoms with E-state index in [1.807, 2.05) is 44.2 Å². The molecule has 1 amide bonds. The number of fused-ring (bicyclic) bond motifs is 1. The molecule has 1 heterocycles. The van der Waals surface area contributed by atoms with E-state index < -0.39 is 5.41 Å². The van der Waals surface area contributed by atoms with E-state index in [2.05, 4.69) is 10.3 Å². The SMILES string of the molecule is CC(C)(C(=O)Nc1nc2c(s1)CCCC2)c1ccccc1. The van der Waals surface area contributed by atoms with E-state index in [9.17, 15) is 4.79 Å². The van der Waals surface area contributed by atoms with E-state index in [4.69, 9.17) is 0 Å². The highest BCUT2D eigenvalue weighted by Gasteiger charge is 2.30. The third kappa shape index (κ3) is 2.86. The molecule has 1 N–H and O–H groups in total. The zero-order valence-electron chi connectivity index (χ0n) is 12.5. The van der Waals surface area contributed by atoms with E-state index in [-0.39, 0.29) is 5.91 Å². The molecule has 0 aliphatic heterocycles. The van der Waals surface area contributed by atoms with Crippen LogP contribution in [0.5, 0.6) is 0 Å². The first kappa shape index (κ1) is 14.3. The summed E-state index contributed by atoms with van der Waals surface area (Å²) in [6.45, 7) is 3.90. The second-order valence-corrected chi connectivity index (χ2v) is 7.12. The fraction of sp³-hybridized carbons (Fsp3) is 0.412. The number of hydrogen-bond acceptors (Lipinski definition) is 3. The van der Waals surface area contributed by atoms with Crippen LogP contribution in [0.4, 0.5) is 5.13 Å². The van der Waals surface area contributed by atoms with Gasteiger partial charge >= 0.3 is 0 Å². The summed E-state index contributed by atoms with van der Waals surface area (Å²) in [4.78, 5) is 18.5. The highest BCUT2D eigenvalue weighted by molar-refractivity contribution is 7.15. The second-order valence-electron chi connectivity index (χ2n) is 6.04. The second kappa shape index (κ2) is 5.60. The molecule has 3 nitrogen and oxygen atoms in total. The van der Waals surface area contributed by atoms with Crippen LogP contribution in [0.3, 0.4) is 0 Å². The Morgan fingerprint density at radius 3 is 2.62 bits per heavy atom. The minimum atomic E-state index is -0.562. The summed E-state index contributed by atoms with van der Waals surface area (Å²) in [7, 11) is 0. The normalized spacial score (nSPS) is 14.6. The van der Waals surface area contributed by atoms with Crippen molar-refractivity contribution in [3.05, 3.63) is 46.5 Å². The smallest absolute Gasteiger partial charge is 0.236 e. The van der Waals surface area contributed by atoms with Crippen molar-refractivity contribution in [3.8, 4) is 0 Å². The third-order valence-corrected chi connectivity index (χ3v) is 5.20. The highest BCUT2D eigenvalue weighted by atomic mass is 32.1. The Morgan fingerprint density at radius 1 is 1.19 bits per heavy atom. The van der Waals surface area contributed by atoms with Crippen molar-refractivity contribution in [2.75, 3.05) is 5.32 Å². The molecule has 0 saturated carbocycles. The number of thiazole rings is 1. The number of carbonyl (C=O) groups excluding carboxylic acids is 1. The lowest BCUT2D eigenvalue weighted by Crippen LogP contribution is -2.34. The van der Waals surface area contributed by atoms with Gasteiger partial charge in [0.15, 0.2) is 5.13 Å². The molecule has 21 heavy (non-hydrogen) atoms. The topological polar surface area (TPSA) is 42.0 Å². The number of nitrogens with one attached hydrogen (secondary N) is 1. The van der Waals surface area contributed by atoms with Crippen LogP contribution in [0.25, 0.3) is 0 Å². The molecular weight excluding hydrogens is 280 g/mol. The Kier molecular flexibility index (Phi) is 3.81. The molecule has 4 heteroatoms. The predicted octanol–water partition coefficient (Wildman–Crippen LogP) is 3.94. The van der Waals surface area contributed by atoms with Gasteiger partial charge in [-0.15, -0.1) is 11.3 Å². The summed E-state index contributed by atoms with van der Waals surface area (Å²) in [6.07, 6.45) is 4.59. The van der Waals surface area contributed by atoms with Crippen LogP contribution in [0.2, 0.25) is 0 Å². The van der Waals surface area contributed by atoms with Crippen LogP contribution >= 0.6 is 11.3 Å². The zero-order valence-corrected chi connectivity index (χ0v) is 13.3. The molecule has 1 aliphatic carbocycles. The molecule has 0 radical (unpaired) electrons. The van der Waals surface area contributed by atoms with Gasteiger partial charge in [0.25, 0.3) is 0 Å². The molecule has 0 saturated heterocycles. The van der Waals surface area contributed by atoms with E-state index >= 15 is 0 Å². The van der Waals surface area contributed by atoms with Gasteiger partial charge in [-0.05, 0) is 45.1 Å². The quantitative estimate of drug-likeness (QED) is 0.933. The van der Waals surface area contributed by atoms with Gasteiger partial charge in [-0.2, -0.15) is 0 Å². The number of anilines is 1. The minimum Gasteiger partial charge on any atom is -0.301 e. The van der Waals surface area contributed by atoms with Crippen LogP contribution in [0, 0.1) is 0 Å². The van der Waals surface area contributed by atoms with Gasteiger partial charge in [-0.25, -0.2) is 4.98 Å². The summed E-state index contributed by atoms with van der Waals surface area (Å²) < 4.78 is 0. The summed E-state index contributed by atoms with van der Waals surface area (Å²) in [6, 6.07) is 9.88. The molecule has 2 aromatic rings. The first-order valence-electron chi connectivity index (χ1n) is 7.43. The number of aryl methyl sites for hydroxylation is 2. The van der Waals surface area contributed by atoms with Crippen LogP contribution in [-0.4, -0.2) is 10.9 Å². The summed E-state index contributed by atoms with van der Waals surface area (Å²) in [5.41, 5.74) is 1.64. The maximum absolute atomic E-state index is 12.6. The Labute approximate surface area is 129 Å². The van der Waals surface area contributed by atoms with E-state index in [0.717, 1.165) is 23.5 Å². The lowest BCUT2D eigenvalue weighted by Gasteiger charge is -2.23. The minimum absolute atomic E-state index is 0.000188. The number of nitrogens with zero attached hydrogens (tertiary/aromatic N) is 1. The van der Waals surface area contributed by atoms with Crippen LogP contribution in [0.1, 0.15) is 42.8 Å². The average molecular weight is 300 g/mol. The molecule has 110 valence electrons. The number of rotatable bonds is 3. The largest absolute Gasteiger partial charge is 0.301 e. The maximum Gasteiger partial charge on any atom is 0.236 e. The first-order valence-corrected chi connectivity index (χ1v) is 8.24. The van der Waals surface area contributed by atoms with Crippen LogP contribution in [-0.2, 0) is 23.1 Å². The summed E-state index contributed by atoms with van der Waals surface area (Å²) in [5.74, 6) is -0.000188. The summed E-state index contributed by atoms with van der Waals surface area (Å²) >= 11 is 1.63. The van der Waals surface area contributed by atoms with Crippen molar-refractivity contribution in [2.45, 2.75) is 44.9 Å². The molecule has 0 bridgehead atoms. The van der Waals surface area contributed by atoms with Gasteiger partial charge in [0.05, 0.1) is 11.1 Å².